The predicted octanol–water partition coefficient (Wildman–Crippen LogP) is 1.38. The number of nitrogens with one attached hydrogen (secondary N) is 1. The minimum absolute atomic E-state index is 0.0899. The molecule has 3 nitrogen and oxygen atoms in total. The average Bonchev–Trinajstić information content (AvgIpc) is 2.40. The Balaban J connectivity index is 1.76. The molecule has 2 heterocycles. The molecule has 0 saturated carbocycles. The first kappa shape index (κ1) is 12.2. The smallest absolute Gasteiger partial charge is 0.0597 e. The van der Waals surface area contributed by atoms with E-state index in [-0.39, 0.29) is 5.41 Å². The van der Waals surface area contributed by atoms with Crippen molar-refractivity contribution in [1.82, 2.24) is 5.32 Å². The van der Waals surface area contributed by atoms with E-state index in [1.165, 1.54) is 24.0 Å². The van der Waals surface area contributed by atoms with Gasteiger partial charge >= 0.3 is 0 Å². The van der Waals surface area contributed by atoms with Crippen LogP contribution in [0.2, 0.25) is 0 Å². The summed E-state index contributed by atoms with van der Waals surface area (Å²) in [4.78, 5) is 0. The van der Waals surface area contributed by atoms with Crippen LogP contribution in [0, 0.1) is 0 Å². The molecule has 0 unspecified atom stereocenters. The fourth-order valence-electron chi connectivity index (χ4n) is 3.01. The molecule has 3 N–H and O–H groups in total. The molecular weight excluding hydrogens is 224 g/mol. The van der Waals surface area contributed by atoms with E-state index < -0.39 is 0 Å². The second-order valence-electron chi connectivity index (χ2n) is 5.62. The van der Waals surface area contributed by atoms with Crippen molar-refractivity contribution in [2.24, 2.45) is 5.73 Å². The third-order valence-corrected chi connectivity index (χ3v) is 4.48. The average molecular weight is 246 g/mol. The third kappa shape index (κ3) is 2.07. The van der Waals surface area contributed by atoms with Crippen LogP contribution in [0.1, 0.15) is 29.9 Å². The van der Waals surface area contributed by atoms with Gasteiger partial charge in [-0.1, -0.05) is 24.3 Å². The van der Waals surface area contributed by atoms with Crippen molar-refractivity contribution >= 4 is 0 Å². The van der Waals surface area contributed by atoms with Crippen LogP contribution in [0.25, 0.3) is 0 Å². The SMILES string of the molecule is NCC1(c2ccc(C3CCNCC3)cc2)COC1. The molecule has 1 aromatic rings. The van der Waals surface area contributed by atoms with Crippen LogP contribution in [0.15, 0.2) is 24.3 Å². The van der Waals surface area contributed by atoms with Crippen molar-refractivity contribution in [3.05, 3.63) is 35.4 Å². The summed E-state index contributed by atoms with van der Waals surface area (Å²) < 4.78 is 5.34. The van der Waals surface area contributed by atoms with Crippen LogP contribution in [0.4, 0.5) is 0 Å². The zero-order valence-electron chi connectivity index (χ0n) is 10.8. The van der Waals surface area contributed by atoms with E-state index in [9.17, 15) is 0 Å². The van der Waals surface area contributed by atoms with E-state index in [4.69, 9.17) is 10.5 Å². The fourth-order valence-corrected chi connectivity index (χ4v) is 3.01. The Morgan fingerprint density at radius 2 is 1.83 bits per heavy atom. The Bertz CT molecular complexity index is 386. The number of piperidine rings is 1. The summed E-state index contributed by atoms with van der Waals surface area (Å²) in [5.74, 6) is 0.728. The molecule has 0 amide bonds. The summed E-state index contributed by atoms with van der Waals surface area (Å²) in [5.41, 5.74) is 8.80. The normalized spacial score (nSPS) is 23.6. The van der Waals surface area contributed by atoms with Crippen LogP contribution >= 0.6 is 0 Å². The van der Waals surface area contributed by atoms with Crippen LogP contribution in [0.5, 0.6) is 0 Å². The van der Waals surface area contributed by atoms with Gasteiger partial charge in [-0.05, 0) is 43.0 Å². The number of ether oxygens (including phenoxy) is 1. The van der Waals surface area contributed by atoms with Crippen molar-refractivity contribution < 1.29 is 4.74 Å². The van der Waals surface area contributed by atoms with Gasteiger partial charge in [0.2, 0.25) is 0 Å². The highest BCUT2D eigenvalue weighted by molar-refractivity contribution is 5.33. The number of rotatable bonds is 3. The monoisotopic (exact) mass is 246 g/mol. The molecule has 0 spiro atoms. The third-order valence-electron chi connectivity index (χ3n) is 4.48. The van der Waals surface area contributed by atoms with Gasteiger partial charge in [0.1, 0.15) is 0 Å². The highest BCUT2D eigenvalue weighted by Gasteiger charge is 2.38. The second kappa shape index (κ2) is 5.00. The standard InChI is InChI=1S/C15H22N2O/c16-9-15(10-18-11-15)14-3-1-12(2-4-14)13-5-7-17-8-6-13/h1-4,13,17H,5-11,16H2. The van der Waals surface area contributed by atoms with Crippen LogP contribution < -0.4 is 11.1 Å². The summed E-state index contributed by atoms with van der Waals surface area (Å²) in [5, 5.41) is 3.41. The first-order valence-corrected chi connectivity index (χ1v) is 6.93. The van der Waals surface area contributed by atoms with Crippen LogP contribution in [-0.4, -0.2) is 32.8 Å². The molecule has 0 aliphatic carbocycles. The Labute approximate surface area is 109 Å². The highest BCUT2D eigenvalue weighted by Crippen LogP contribution is 2.33. The summed E-state index contributed by atoms with van der Waals surface area (Å²) in [6, 6.07) is 9.10. The lowest BCUT2D eigenvalue weighted by Gasteiger charge is -2.41. The maximum atomic E-state index is 5.89. The highest BCUT2D eigenvalue weighted by atomic mass is 16.5. The van der Waals surface area contributed by atoms with Crippen LogP contribution in [0.3, 0.4) is 0 Å². The molecule has 0 atom stereocenters. The molecule has 1 aromatic carbocycles. The van der Waals surface area contributed by atoms with Crippen LogP contribution in [-0.2, 0) is 10.2 Å². The molecule has 0 bridgehead atoms. The van der Waals surface area contributed by atoms with Gasteiger partial charge in [-0.3, -0.25) is 0 Å². The quantitative estimate of drug-likeness (QED) is 0.847. The maximum Gasteiger partial charge on any atom is 0.0597 e. The van der Waals surface area contributed by atoms with E-state index in [1.807, 2.05) is 0 Å². The summed E-state index contributed by atoms with van der Waals surface area (Å²) in [6.07, 6.45) is 2.51. The minimum Gasteiger partial charge on any atom is -0.379 e. The Hall–Kier alpha value is -0.900. The Morgan fingerprint density at radius 3 is 2.33 bits per heavy atom. The van der Waals surface area contributed by atoms with Gasteiger partial charge in [0, 0.05) is 6.54 Å². The lowest BCUT2D eigenvalue weighted by Crippen LogP contribution is -2.52. The molecule has 0 radical (unpaired) electrons. The predicted molar refractivity (Wildman–Crippen MR) is 72.8 cm³/mol. The van der Waals surface area contributed by atoms with Gasteiger partial charge in [-0.25, -0.2) is 0 Å². The first-order chi connectivity index (χ1) is 8.84. The molecule has 2 saturated heterocycles. The van der Waals surface area contributed by atoms with Crippen molar-refractivity contribution in [2.75, 3.05) is 32.8 Å². The summed E-state index contributed by atoms with van der Waals surface area (Å²) >= 11 is 0. The second-order valence-corrected chi connectivity index (χ2v) is 5.62. The molecule has 3 heteroatoms. The molecule has 3 rings (SSSR count). The zero-order valence-corrected chi connectivity index (χ0v) is 10.8. The van der Waals surface area contributed by atoms with Gasteiger partial charge in [0.15, 0.2) is 0 Å². The molecular formula is C15H22N2O. The van der Waals surface area contributed by atoms with Gasteiger partial charge in [0.05, 0.1) is 18.6 Å². The zero-order chi connectivity index (χ0) is 12.4. The minimum atomic E-state index is 0.0899. The van der Waals surface area contributed by atoms with Gasteiger partial charge in [-0.15, -0.1) is 0 Å². The number of hydrogen-bond acceptors (Lipinski definition) is 3. The molecule has 2 aliphatic rings. The fraction of sp³-hybridized carbons (Fsp3) is 0.600. The van der Waals surface area contributed by atoms with Crippen molar-refractivity contribution in [3.8, 4) is 0 Å². The summed E-state index contributed by atoms with van der Waals surface area (Å²) in [6.45, 7) is 4.52. The van der Waals surface area contributed by atoms with Gasteiger partial charge in [0.25, 0.3) is 0 Å². The van der Waals surface area contributed by atoms with Crippen molar-refractivity contribution in [3.63, 3.8) is 0 Å². The molecule has 2 aliphatic heterocycles. The van der Waals surface area contributed by atoms with E-state index in [2.05, 4.69) is 29.6 Å². The molecule has 98 valence electrons. The van der Waals surface area contributed by atoms with E-state index in [0.29, 0.717) is 6.54 Å². The molecule has 2 fully saturated rings. The number of benzene rings is 1. The number of hydrogen-bond donors (Lipinski definition) is 2. The van der Waals surface area contributed by atoms with Crippen molar-refractivity contribution in [1.29, 1.82) is 0 Å². The van der Waals surface area contributed by atoms with Crippen molar-refractivity contribution in [2.45, 2.75) is 24.2 Å². The van der Waals surface area contributed by atoms with E-state index in [1.54, 1.807) is 0 Å². The van der Waals surface area contributed by atoms with E-state index >= 15 is 0 Å². The topological polar surface area (TPSA) is 47.3 Å². The summed E-state index contributed by atoms with van der Waals surface area (Å²) in [7, 11) is 0. The largest absolute Gasteiger partial charge is 0.379 e. The first-order valence-electron chi connectivity index (χ1n) is 6.93. The lowest BCUT2D eigenvalue weighted by atomic mass is 9.78. The van der Waals surface area contributed by atoms with E-state index in [0.717, 1.165) is 32.2 Å². The van der Waals surface area contributed by atoms with Gasteiger partial charge < -0.3 is 15.8 Å². The molecule has 18 heavy (non-hydrogen) atoms. The molecule has 0 aromatic heterocycles. The maximum absolute atomic E-state index is 5.89. The Kier molecular flexibility index (Phi) is 3.37. The number of nitrogens with two attached hydrogens (primary N) is 1. The lowest BCUT2D eigenvalue weighted by molar-refractivity contribution is -0.0550. The van der Waals surface area contributed by atoms with Gasteiger partial charge in [-0.2, -0.15) is 0 Å². The Morgan fingerprint density at radius 1 is 1.17 bits per heavy atom.